The van der Waals surface area contributed by atoms with Crippen LogP contribution in [-0.2, 0) is 16.0 Å². The van der Waals surface area contributed by atoms with E-state index in [-0.39, 0.29) is 6.04 Å². The van der Waals surface area contributed by atoms with Gasteiger partial charge in [0.15, 0.2) is 0 Å². The summed E-state index contributed by atoms with van der Waals surface area (Å²) in [5.41, 5.74) is 4.45. The Hall–Kier alpha value is -2.90. The van der Waals surface area contributed by atoms with E-state index in [1.807, 2.05) is 18.2 Å². The van der Waals surface area contributed by atoms with Gasteiger partial charge in [-0.2, -0.15) is 0 Å². The average molecular weight is 422 g/mol. The van der Waals surface area contributed by atoms with Gasteiger partial charge in [-0.1, -0.05) is 30.3 Å². The molecule has 2 aliphatic heterocycles. The topological polar surface area (TPSA) is 67.9 Å². The number of piperazine rings is 1. The number of hydrogen-bond acceptors (Lipinski definition) is 5. The summed E-state index contributed by atoms with van der Waals surface area (Å²) in [7, 11) is 4.25. The van der Waals surface area contributed by atoms with Crippen molar-refractivity contribution in [3.8, 4) is 0 Å². The molecule has 7 heteroatoms. The third kappa shape index (κ3) is 5.06. The molecule has 0 aromatic heterocycles. The maximum atomic E-state index is 12.5. The normalized spacial score (nSPS) is 17.8. The molecule has 0 spiro atoms. The van der Waals surface area contributed by atoms with Crippen LogP contribution in [-0.4, -0.2) is 75.0 Å². The van der Waals surface area contributed by atoms with Crippen LogP contribution in [0.5, 0.6) is 0 Å². The molecule has 0 saturated carbocycles. The molecule has 2 aliphatic rings. The first-order valence-corrected chi connectivity index (χ1v) is 10.9. The lowest BCUT2D eigenvalue weighted by Gasteiger charge is -2.38. The third-order valence-corrected chi connectivity index (χ3v) is 6.29. The zero-order chi connectivity index (χ0) is 21.8. The lowest BCUT2D eigenvalue weighted by molar-refractivity contribution is -0.136. The highest BCUT2D eigenvalue weighted by Gasteiger charge is 2.27. The number of hydrogen-bond donors (Lipinski definition) is 2. The van der Waals surface area contributed by atoms with Crippen LogP contribution in [0.4, 0.5) is 11.4 Å². The molecule has 0 unspecified atom stereocenters. The second-order valence-electron chi connectivity index (χ2n) is 8.44. The van der Waals surface area contributed by atoms with E-state index in [0.717, 1.165) is 39.1 Å². The zero-order valence-electron chi connectivity index (χ0n) is 18.3. The Balaban J connectivity index is 1.46. The minimum Gasteiger partial charge on any atom is -0.374 e. The van der Waals surface area contributed by atoms with Gasteiger partial charge in [0.05, 0.1) is 6.04 Å². The number of rotatable bonds is 5. The Bertz CT molecular complexity index is 925. The lowest BCUT2D eigenvalue weighted by Crippen LogP contribution is -2.49. The number of nitrogens with zero attached hydrogens (tertiary/aromatic N) is 3. The summed E-state index contributed by atoms with van der Waals surface area (Å²) in [6, 6.07) is 15.7. The van der Waals surface area contributed by atoms with Crippen molar-refractivity contribution in [3.05, 3.63) is 59.7 Å². The number of nitrogens with one attached hydrogen (secondary N) is 2. The molecular formula is C24H31N5O2. The van der Waals surface area contributed by atoms with Gasteiger partial charge in [0, 0.05) is 57.7 Å². The molecular weight excluding hydrogens is 390 g/mol. The Morgan fingerprint density at radius 1 is 0.935 bits per heavy atom. The second kappa shape index (κ2) is 9.49. The van der Waals surface area contributed by atoms with Crippen molar-refractivity contribution < 1.29 is 9.59 Å². The Morgan fingerprint density at radius 3 is 2.42 bits per heavy atom. The van der Waals surface area contributed by atoms with E-state index in [1.165, 1.54) is 16.8 Å². The van der Waals surface area contributed by atoms with E-state index in [4.69, 9.17) is 0 Å². The summed E-state index contributed by atoms with van der Waals surface area (Å²) in [6.07, 6.45) is 1.04. The maximum Gasteiger partial charge on any atom is 0.313 e. The number of carbonyl (C=O) groups is 2. The maximum absolute atomic E-state index is 12.5. The van der Waals surface area contributed by atoms with Gasteiger partial charge in [-0.15, -0.1) is 0 Å². The van der Waals surface area contributed by atoms with Crippen molar-refractivity contribution in [2.75, 3.05) is 63.6 Å². The highest BCUT2D eigenvalue weighted by Crippen LogP contribution is 2.31. The van der Waals surface area contributed by atoms with Crippen LogP contribution in [0, 0.1) is 0 Å². The van der Waals surface area contributed by atoms with Crippen molar-refractivity contribution in [2.45, 2.75) is 12.5 Å². The fourth-order valence-electron chi connectivity index (χ4n) is 4.36. The van der Waals surface area contributed by atoms with Gasteiger partial charge in [-0.3, -0.25) is 14.5 Å². The first-order valence-electron chi connectivity index (χ1n) is 10.9. The van der Waals surface area contributed by atoms with E-state index in [9.17, 15) is 9.59 Å². The predicted octanol–water partition coefficient (Wildman–Crippen LogP) is 1.72. The standard InChI is InChI=1S/C24H31N5O2/c1-27-12-14-29(15-13-27)22(18-8-9-21-19(16-18)10-11-28(21)2)17-25-23(30)24(31)26-20-6-4-3-5-7-20/h3-9,16,22H,10-15,17H2,1-2H3,(H,25,30)(H,26,31)/t22-/m1/s1. The van der Waals surface area contributed by atoms with Crippen molar-refractivity contribution in [2.24, 2.45) is 0 Å². The summed E-state index contributed by atoms with van der Waals surface area (Å²) in [5.74, 6) is -1.25. The van der Waals surface area contributed by atoms with E-state index in [0.29, 0.717) is 12.2 Å². The van der Waals surface area contributed by atoms with Gasteiger partial charge in [-0.25, -0.2) is 0 Å². The molecule has 4 rings (SSSR count). The Labute approximate surface area is 184 Å². The molecule has 1 saturated heterocycles. The van der Waals surface area contributed by atoms with Crippen molar-refractivity contribution >= 4 is 23.2 Å². The molecule has 7 nitrogen and oxygen atoms in total. The molecule has 1 atom stereocenters. The first-order chi connectivity index (χ1) is 15.0. The zero-order valence-corrected chi connectivity index (χ0v) is 18.3. The number of anilines is 2. The lowest BCUT2D eigenvalue weighted by atomic mass is 10.00. The van der Waals surface area contributed by atoms with E-state index < -0.39 is 11.8 Å². The van der Waals surface area contributed by atoms with E-state index >= 15 is 0 Å². The van der Waals surface area contributed by atoms with Crippen LogP contribution in [0.2, 0.25) is 0 Å². The number of para-hydroxylation sites is 1. The SMILES string of the molecule is CN1CCN([C@H](CNC(=O)C(=O)Nc2ccccc2)c2ccc3c(c2)CCN3C)CC1. The smallest absolute Gasteiger partial charge is 0.313 e. The summed E-state index contributed by atoms with van der Waals surface area (Å²) < 4.78 is 0. The van der Waals surface area contributed by atoms with Crippen molar-refractivity contribution in [3.63, 3.8) is 0 Å². The molecule has 2 heterocycles. The summed E-state index contributed by atoms with van der Waals surface area (Å²) in [6.45, 7) is 5.29. The van der Waals surface area contributed by atoms with Gasteiger partial charge in [0.1, 0.15) is 0 Å². The molecule has 2 amide bonds. The minimum absolute atomic E-state index is 0.0402. The van der Waals surface area contributed by atoms with Crippen molar-refractivity contribution in [1.29, 1.82) is 0 Å². The predicted molar refractivity (Wildman–Crippen MR) is 123 cm³/mol. The van der Waals surface area contributed by atoms with E-state index in [1.54, 1.807) is 12.1 Å². The van der Waals surface area contributed by atoms with Gasteiger partial charge >= 0.3 is 11.8 Å². The fraction of sp³-hybridized carbons (Fsp3) is 0.417. The Morgan fingerprint density at radius 2 is 1.68 bits per heavy atom. The summed E-state index contributed by atoms with van der Waals surface area (Å²) in [5, 5.41) is 5.52. The molecule has 2 N–H and O–H groups in total. The molecule has 0 aliphatic carbocycles. The van der Waals surface area contributed by atoms with Crippen LogP contribution in [0.25, 0.3) is 0 Å². The van der Waals surface area contributed by atoms with Crippen LogP contribution in [0.3, 0.4) is 0 Å². The van der Waals surface area contributed by atoms with Crippen molar-refractivity contribution in [1.82, 2.24) is 15.1 Å². The number of amides is 2. The van der Waals surface area contributed by atoms with Gasteiger partial charge in [-0.05, 0) is 42.8 Å². The molecule has 1 fully saturated rings. The van der Waals surface area contributed by atoms with Crippen LogP contribution in [0.1, 0.15) is 17.2 Å². The number of benzene rings is 2. The van der Waals surface area contributed by atoms with Gasteiger partial charge in [0.25, 0.3) is 0 Å². The van der Waals surface area contributed by atoms with Gasteiger partial charge < -0.3 is 20.4 Å². The largest absolute Gasteiger partial charge is 0.374 e. The summed E-state index contributed by atoms with van der Waals surface area (Å²) >= 11 is 0. The number of fused-ring (bicyclic) bond motifs is 1. The molecule has 164 valence electrons. The molecule has 0 radical (unpaired) electrons. The van der Waals surface area contributed by atoms with Crippen LogP contribution >= 0.6 is 0 Å². The molecule has 2 aromatic rings. The second-order valence-corrected chi connectivity index (χ2v) is 8.44. The van der Waals surface area contributed by atoms with Crippen LogP contribution in [0.15, 0.2) is 48.5 Å². The fourth-order valence-corrected chi connectivity index (χ4v) is 4.36. The molecule has 2 aromatic carbocycles. The minimum atomic E-state index is -0.640. The molecule has 31 heavy (non-hydrogen) atoms. The highest BCUT2D eigenvalue weighted by molar-refractivity contribution is 6.39. The van der Waals surface area contributed by atoms with E-state index in [2.05, 4.69) is 57.6 Å². The number of likely N-dealkylation sites (N-methyl/N-ethyl adjacent to an activating group) is 2. The molecule has 0 bridgehead atoms. The summed E-state index contributed by atoms with van der Waals surface area (Å²) in [4.78, 5) is 31.8. The third-order valence-electron chi connectivity index (χ3n) is 6.29. The van der Waals surface area contributed by atoms with Gasteiger partial charge in [0.2, 0.25) is 0 Å². The number of carbonyl (C=O) groups excluding carboxylic acids is 2. The quantitative estimate of drug-likeness (QED) is 0.720. The van der Waals surface area contributed by atoms with Crippen LogP contribution < -0.4 is 15.5 Å². The Kier molecular flexibility index (Phi) is 6.53. The first kappa shape index (κ1) is 21.3. The highest BCUT2D eigenvalue weighted by atomic mass is 16.2. The monoisotopic (exact) mass is 421 g/mol. The average Bonchev–Trinajstić information content (AvgIpc) is 3.16.